The molecule has 1 amide bonds. The van der Waals surface area contributed by atoms with Crippen LogP contribution < -0.4 is 14.4 Å². The van der Waals surface area contributed by atoms with Crippen LogP contribution in [0.4, 0.5) is 5.69 Å². The minimum Gasteiger partial charge on any atom is -0.487 e. The Morgan fingerprint density at radius 3 is 2.67 bits per heavy atom. The van der Waals surface area contributed by atoms with Crippen molar-refractivity contribution in [2.24, 2.45) is 17.8 Å². The first-order valence-corrected chi connectivity index (χ1v) is 19.0. The van der Waals surface area contributed by atoms with Gasteiger partial charge in [-0.25, -0.2) is 13.1 Å². The molecule has 48 heavy (non-hydrogen) atoms. The molecule has 0 aromatic heterocycles. The quantitative estimate of drug-likeness (QED) is 0.233. The number of hydrogen-bond acceptors (Lipinski definition) is 8. The van der Waals surface area contributed by atoms with Crippen molar-refractivity contribution in [3.05, 3.63) is 70.8 Å². The summed E-state index contributed by atoms with van der Waals surface area (Å²) in [5.74, 6) is 0.341. The second-order valence-corrected chi connectivity index (χ2v) is 15.4. The Morgan fingerprint density at radius 2 is 1.96 bits per heavy atom. The van der Waals surface area contributed by atoms with E-state index in [9.17, 15) is 13.2 Å². The van der Waals surface area contributed by atoms with Gasteiger partial charge in [0.15, 0.2) is 0 Å². The third-order valence-corrected chi connectivity index (χ3v) is 12.1. The van der Waals surface area contributed by atoms with Crippen LogP contribution in [-0.2, 0) is 24.2 Å². The first kappa shape index (κ1) is 38.2. The third-order valence-electron chi connectivity index (χ3n) is 9.79. The predicted molar refractivity (Wildman–Crippen MR) is 192 cm³/mol. The molecule has 1 aromatic carbocycles. The van der Waals surface area contributed by atoms with Crippen LogP contribution in [0.1, 0.15) is 69.2 Å². The van der Waals surface area contributed by atoms with Crippen LogP contribution in [0.25, 0.3) is 0 Å². The monoisotopic (exact) mass is 704 g/mol. The fourth-order valence-electron chi connectivity index (χ4n) is 6.76. The van der Waals surface area contributed by atoms with Gasteiger partial charge in [0, 0.05) is 44.5 Å². The SMILES string of the molecule is C=C1COc2ccc3cc2N(CCCC/C1=C/C(Cl)=C\C)C[C@@H]1CC[C@H]1[C@@H](OCCOC)/C=C/C[C@H](C)[C@H](CCOC)S(=O)(=O)NC3=O. The summed E-state index contributed by atoms with van der Waals surface area (Å²) in [4.78, 5) is 15.9. The normalized spacial score (nSPS) is 28.8. The molecule has 0 spiro atoms. The minimum atomic E-state index is -4.04. The Balaban J connectivity index is 1.76. The number of methoxy groups -OCH3 is 2. The first-order chi connectivity index (χ1) is 23.1. The van der Waals surface area contributed by atoms with E-state index in [1.54, 1.807) is 32.4 Å². The topological polar surface area (TPSA) is 103 Å². The average molecular weight is 705 g/mol. The number of hydrogen-bond donors (Lipinski definition) is 1. The average Bonchev–Trinajstić information content (AvgIpc) is 3.07. The van der Waals surface area contributed by atoms with Gasteiger partial charge >= 0.3 is 0 Å². The van der Waals surface area contributed by atoms with Gasteiger partial charge in [-0.15, -0.1) is 0 Å². The van der Waals surface area contributed by atoms with Crippen molar-refractivity contribution in [1.29, 1.82) is 0 Å². The number of amides is 1. The van der Waals surface area contributed by atoms with Crippen molar-refractivity contribution < 1.29 is 32.2 Å². The van der Waals surface area contributed by atoms with Gasteiger partial charge in [0.2, 0.25) is 10.0 Å². The summed E-state index contributed by atoms with van der Waals surface area (Å²) in [6.45, 7) is 11.1. The number of sulfonamides is 1. The zero-order valence-electron chi connectivity index (χ0n) is 28.9. The van der Waals surface area contributed by atoms with Crippen molar-refractivity contribution in [3.8, 4) is 5.75 Å². The highest BCUT2D eigenvalue weighted by Crippen LogP contribution is 2.42. The summed E-state index contributed by atoms with van der Waals surface area (Å²) in [5.41, 5.74) is 2.92. The van der Waals surface area contributed by atoms with Gasteiger partial charge in [-0.3, -0.25) is 4.79 Å². The van der Waals surface area contributed by atoms with E-state index in [0.29, 0.717) is 42.3 Å². The maximum absolute atomic E-state index is 13.7. The van der Waals surface area contributed by atoms with Crippen LogP contribution in [0.15, 0.2) is 65.3 Å². The van der Waals surface area contributed by atoms with E-state index in [4.69, 9.17) is 30.5 Å². The second-order valence-electron chi connectivity index (χ2n) is 13.1. The second kappa shape index (κ2) is 18.4. The third kappa shape index (κ3) is 10.2. The minimum absolute atomic E-state index is 0.119. The summed E-state index contributed by atoms with van der Waals surface area (Å²) in [7, 11) is -0.828. The molecule has 4 rings (SSSR count). The molecule has 3 aliphatic rings. The van der Waals surface area contributed by atoms with Crippen molar-refractivity contribution in [2.45, 2.75) is 70.1 Å². The molecule has 2 heterocycles. The highest BCUT2D eigenvalue weighted by atomic mass is 35.5. The summed E-state index contributed by atoms with van der Waals surface area (Å²) in [6.07, 6.45) is 13.4. The fraction of sp³-hybridized carbons (Fsp3) is 0.595. The van der Waals surface area contributed by atoms with Gasteiger partial charge in [-0.1, -0.05) is 43.3 Å². The molecule has 2 aliphatic heterocycles. The molecule has 1 fully saturated rings. The van der Waals surface area contributed by atoms with Gasteiger partial charge in [0.1, 0.15) is 12.4 Å². The van der Waals surface area contributed by atoms with Crippen molar-refractivity contribution >= 4 is 33.2 Å². The summed E-state index contributed by atoms with van der Waals surface area (Å²) >= 11 is 6.38. The molecule has 266 valence electrons. The van der Waals surface area contributed by atoms with E-state index in [1.165, 1.54) is 0 Å². The Kier molecular flexibility index (Phi) is 14.6. The number of fused-ring (bicyclic) bond motifs is 2. The van der Waals surface area contributed by atoms with Crippen LogP contribution in [0.2, 0.25) is 0 Å². The number of carbonyl (C=O) groups is 1. The Bertz CT molecular complexity index is 1460. The van der Waals surface area contributed by atoms with E-state index >= 15 is 0 Å². The number of benzene rings is 1. The molecule has 9 nitrogen and oxygen atoms in total. The molecule has 5 atom stereocenters. The summed E-state index contributed by atoms with van der Waals surface area (Å²) < 4.78 is 53.2. The maximum atomic E-state index is 13.7. The van der Waals surface area contributed by atoms with Crippen LogP contribution in [0.5, 0.6) is 5.75 Å². The van der Waals surface area contributed by atoms with Gasteiger partial charge in [0.05, 0.1) is 30.3 Å². The van der Waals surface area contributed by atoms with E-state index in [2.05, 4.69) is 22.3 Å². The molecule has 1 saturated carbocycles. The lowest BCUT2D eigenvalue weighted by molar-refractivity contribution is -0.0308. The number of nitrogens with one attached hydrogen (secondary N) is 1. The molecular weight excluding hydrogens is 652 g/mol. The Morgan fingerprint density at radius 1 is 1.17 bits per heavy atom. The first-order valence-electron chi connectivity index (χ1n) is 17.1. The highest BCUT2D eigenvalue weighted by molar-refractivity contribution is 7.90. The van der Waals surface area contributed by atoms with E-state index < -0.39 is 21.2 Å². The Labute approximate surface area is 292 Å². The van der Waals surface area contributed by atoms with Crippen LogP contribution in [0, 0.1) is 17.8 Å². The fourth-order valence-corrected chi connectivity index (χ4v) is 8.55. The molecule has 2 bridgehead atoms. The smallest absolute Gasteiger partial charge is 0.264 e. The van der Waals surface area contributed by atoms with Gasteiger partial charge in [0.25, 0.3) is 5.91 Å². The Hall–Kier alpha value is -2.63. The lowest BCUT2D eigenvalue weighted by atomic mass is 9.70. The zero-order valence-corrected chi connectivity index (χ0v) is 30.5. The molecular formula is C37H53ClN2O7S. The number of ether oxygens (including phenoxy) is 4. The van der Waals surface area contributed by atoms with Crippen molar-refractivity contribution in [1.82, 2.24) is 4.72 Å². The summed E-state index contributed by atoms with van der Waals surface area (Å²) in [6, 6.07) is 5.17. The molecule has 0 radical (unpaired) electrons. The van der Waals surface area contributed by atoms with E-state index in [1.807, 2.05) is 32.1 Å². The number of carbonyl (C=O) groups excluding carboxylic acids is 1. The number of allylic oxidation sites excluding steroid dienone is 4. The maximum Gasteiger partial charge on any atom is 0.264 e. The van der Waals surface area contributed by atoms with Gasteiger partial charge in [-0.2, -0.15) is 0 Å². The molecule has 1 aliphatic carbocycles. The number of anilines is 1. The molecule has 0 unspecified atom stereocenters. The van der Waals surface area contributed by atoms with E-state index in [-0.39, 0.29) is 37.2 Å². The number of nitrogens with zero attached hydrogens (tertiary/aromatic N) is 1. The van der Waals surface area contributed by atoms with Gasteiger partial charge < -0.3 is 23.8 Å². The molecule has 1 aromatic rings. The van der Waals surface area contributed by atoms with Crippen molar-refractivity contribution in [3.63, 3.8) is 0 Å². The van der Waals surface area contributed by atoms with E-state index in [0.717, 1.165) is 62.0 Å². The highest BCUT2D eigenvalue weighted by Gasteiger charge is 2.39. The standard InChI is InChI=1S/C37H53ClN2O7S/c1-6-31(38)22-28-11-7-8-18-40-24-30-13-15-32(30)34(46-21-20-45-5)12-9-10-26(2)36(17-19-44-4)48(42,43)39-37(41)29-14-16-35(33(40)23-29)47-25-27(28)3/h6,9,12,14,16,22-23,26,30,32,34,36H,3,7-8,10-11,13,15,17-21,24-25H2,1-2,4-5H3,(H,39,41)/b12-9+,28-22-,31-6+/t26-,30-,32+,34-,36-/m0/s1. The molecule has 1 N–H and O–H groups in total. The predicted octanol–water partition coefficient (Wildman–Crippen LogP) is 6.80. The lowest BCUT2D eigenvalue weighted by Gasteiger charge is -2.44. The van der Waals surface area contributed by atoms with Gasteiger partial charge in [-0.05, 0) is 105 Å². The van der Waals surface area contributed by atoms with Crippen LogP contribution in [-0.4, -0.2) is 79.4 Å². The lowest BCUT2D eigenvalue weighted by Crippen LogP contribution is -2.44. The van der Waals surface area contributed by atoms with Crippen LogP contribution in [0.3, 0.4) is 0 Å². The molecule has 11 heteroatoms. The largest absolute Gasteiger partial charge is 0.487 e. The summed E-state index contributed by atoms with van der Waals surface area (Å²) in [5, 5.41) is -0.170. The van der Waals surface area contributed by atoms with Crippen molar-refractivity contribution in [2.75, 3.05) is 58.6 Å². The zero-order chi connectivity index (χ0) is 34.7. The number of halogens is 1. The molecule has 0 saturated heterocycles. The van der Waals surface area contributed by atoms with Crippen LogP contribution >= 0.6 is 11.6 Å². The number of rotatable bonds is 8.